The summed E-state index contributed by atoms with van der Waals surface area (Å²) in [5.41, 5.74) is 1.77. The SMILES string of the molecule is CNCCc1ccccc1C(=O)N[C@@H]1CCCC[C@H]1O. The van der Waals surface area contributed by atoms with Crippen molar-refractivity contribution in [3.63, 3.8) is 0 Å². The van der Waals surface area contributed by atoms with Crippen molar-refractivity contribution in [2.45, 2.75) is 44.2 Å². The zero-order valence-corrected chi connectivity index (χ0v) is 12.1. The van der Waals surface area contributed by atoms with Crippen LogP contribution in [0.2, 0.25) is 0 Å². The van der Waals surface area contributed by atoms with E-state index in [1.54, 1.807) is 0 Å². The minimum atomic E-state index is -0.405. The summed E-state index contributed by atoms with van der Waals surface area (Å²) in [5.74, 6) is -0.0670. The smallest absolute Gasteiger partial charge is 0.251 e. The molecule has 1 saturated carbocycles. The van der Waals surface area contributed by atoms with Gasteiger partial charge in [0.1, 0.15) is 0 Å². The molecule has 1 aliphatic rings. The maximum Gasteiger partial charge on any atom is 0.251 e. The number of carbonyl (C=O) groups excluding carboxylic acids is 1. The topological polar surface area (TPSA) is 61.4 Å². The molecule has 4 heteroatoms. The van der Waals surface area contributed by atoms with Gasteiger partial charge in [-0.2, -0.15) is 0 Å². The van der Waals surface area contributed by atoms with Crippen LogP contribution in [0.15, 0.2) is 24.3 Å². The Morgan fingerprint density at radius 1 is 1.30 bits per heavy atom. The minimum absolute atomic E-state index is 0.0670. The van der Waals surface area contributed by atoms with Gasteiger partial charge in [0.25, 0.3) is 5.91 Å². The molecule has 4 nitrogen and oxygen atoms in total. The quantitative estimate of drug-likeness (QED) is 0.763. The molecule has 0 radical (unpaired) electrons. The van der Waals surface area contributed by atoms with Gasteiger partial charge in [-0.05, 0) is 44.5 Å². The van der Waals surface area contributed by atoms with Crippen LogP contribution in [0.25, 0.3) is 0 Å². The maximum atomic E-state index is 12.4. The Hall–Kier alpha value is -1.39. The number of aliphatic hydroxyl groups excluding tert-OH is 1. The van der Waals surface area contributed by atoms with Gasteiger partial charge in [0.05, 0.1) is 12.1 Å². The second-order valence-corrected chi connectivity index (χ2v) is 5.44. The Kier molecular flexibility index (Phi) is 5.56. The summed E-state index contributed by atoms with van der Waals surface area (Å²) < 4.78 is 0. The first-order valence-corrected chi connectivity index (χ1v) is 7.44. The van der Waals surface area contributed by atoms with Crippen LogP contribution in [0.3, 0.4) is 0 Å². The number of likely N-dealkylation sites (N-methyl/N-ethyl adjacent to an activating group) is 1. The molecule has 20 heavy (non-hydrogen) atoms. The van der Waals surface area contributed by atoms with Gasteiger partial charge < -0.3 is 15.7 Å². The number of hydrogen-bond donors (Lipinski definition) is 3. The molecule has 0 aliphatic heterocycles. The van der Waals surface area contributed by atoms with Crippen molar-refractivity contribution in [2.75, 3.05) is 13.6 Å². The van der Waals surface area contributed by atoms with E-state index in [1.165, 1.54) is 0 Å². The lowest BCUT2D eigenvalue weighted by molar-refractivity contribution is 0.0716. The monoisotopic (exact) mass is 276 g/mol. The fourth-order valence-corrected chi connectivity index (χ4v) is 2.75. The molecule has 1 fully saturated rings. The number of hydrogen-bond acceptors (Lipinski definition) is 3. The molecular weight excluding hydrogens is 252 g/mol. The number of nitrogens with one attached hydrogen (secondary N) is 2. The molecule has 0 heterocycles. The van der Waals surface area contributed by atoms with E-state index in [1.807, 2.05) is 31.3 Å². The highest BCUT2D eigenvalue weighted by Crippen LogP contribution is 2.19. The predicted molar refractivity (Wildman–Crippen MR) is 79.8 cm³/mol. The van der Waals surface area contributed by atoms with Crippen molar-refractivity contribution in [3.8, 4) is 0 Å². The molecule has 1 aromatic carbocycles. The summed E-state index contributed by atoms with van der Waals surface area (Å²) >= 11 is 0. The Bertz CT molecular complexity index is 448. The predicted octanol–water partition coefficient (Wildman–Crippen LogP) is 1.48. The third-order valence-electron chi connectivity index (χ3n) is 3.95. The van der Waals surface area contributed by atoms with E-state index in [0.29, 0.717) is 0 Å². The van der Waals surface area contributed by atoms with Gasteiger partial charge in [-0.3, -0.25) is 4.79 Å². The lowest BCUT2D eigenvalue weighted by atomic mass is 9.92. The Labute approximate surface area is 120 Å². The lowest BCUT2D eigenvalue weighted by Crippen LogP contribution is -2.45. The highest BCUT2D eigenvalue weighted by Gasteiger charge is 2.25. The molecule has 0 bridgehead atoms. The van der Waals surface area contributed by atoms with Crippen LogP contribution in [0.5, 0.6) is 0 Å². The first-order valence-electron chi connectivity index (χ1n) is 7.44. The molecule has 2 rings (SSSR count). The normalized spacial score (nSPS) is 22.5. The average molecular weight is 276 g/mol. The number of carbonyl (C=O) groups is 1. The van der Waals surface area contributed by atoms with Crippen LogP contribution in [-0.2, 0) is 6.42 Å². The largest absolute Gasteiger partial charge is 0.391 e. The summed E-state index contributed by atoms with van der Waals surface area (Å²) in [6, 6.07) is 7.58. The van der Waals surface area contributed by atoms with E-state index in [-0.39, 0.29) is 11.9 Å². The van der Waals surface area contributed by atoms with Crippen LogP contribution >= 0.6 is 0 Å². The van der Waals surface area contributed by atoms with Crippen molar-refractivity contribution in [2.24, 2.45) is 0 Å². The van der Waals surface area contributed by atoms with Crippen molar-refractivity contribution < 1.29 is 9.90 Å². The first-order chi connectivity index (χ1) is 9.72. The van der Waals surface area contributed by atoms with Crippen LogP contribution in [0, 0.1) is 0 Å². The standard InChI is InChI=1S/C16H24N2O2/c1-17-11-10-12-6-2-3-7-13(12)16(20)18-14-8-4-5-9-15(14)19/h2-3,6-7,14-15,17,19H,4-5,8-11H2,1H3,(H,18,20)/t14-,15-/m1/s1. The van der Waals surface area contributed by atoms with Crippen molar-refractivity contribution in [1.82, 2.24) is 10.6 Å². The highest BCUT2D eigenvalue weighted by atomic mass is 16.3. The summed E-state index contributed by atoms with van der Waals surface area (Å²) in [6.45, 7) is 0.844. The Balaban J connectivity index is 2.04. The number of amides is 1. The van der Waals surface area contributed by atoms with Crippen LogP contribution < -0.4 is 10.6 Å². The summed E-state index contributed by atoms with van der Waals surface area (Å²) in [6.07, 6.45) is 4.19. The second-order valence-electron chi connectivity index (χ2n) is 5.44. The Morgan fingerprint density at radius 2 is 2.05 bits per heavy atom. The van der Waals surface area contributed by atoms with Gasteiger partial charge in [0, 0.05) is 5.56 Å². The molecule has 1 aliphatic carbocycles. The highest BCUT2D eigenvalue weighted by molar-refractivity contribution is 5.95. The number of rotatable bonds is 5. The molecule has 110 valence electrons. The molecule has 0 spiro atoms. The number of benzene rings is 1. The third-order valence-corrected chi connectivity index (χ3v) is 3.95. The van der Waals surface area contributed by atoms with Gasteiger partial charge >= 0.3 is 0 Å². The van der Waals surface area contributed by atoms with Crippen molar-refractivity contribution in [3.05, 3.63) is 35.4 Å². The molecule has 0 unspecified atom stereocenters. The van der Waals surface area contributed by atoms with Crippen molar-refractivity contribution in [1.29, 1.82) is 0 Å². The zero-order chi connectivity index (χ0) is 14.4. The van der Waals surface area contributed by atoms with E-state index in [2.05, 4.69) is 10.6 Å². The minimum Gasteiger partial charge on any atom is -0.391 e. The molecule has 2 atom stereocenters. The molecule has 1 amide bonds. The molecule has 3 N–H and O–H groups in total. The fraction of sp³-hybridized carbons (Fsp3) is 0.562. The van der Waals surface area contributed by atoms with Crippen LogP contribution in [0.4, 0.5) is 0 Å². The van der Waals surface area contributed by atoms with E-state index >= 15 is 0 Å². The average Bonchev–Trinajstić information content (AvgIpc) is 2.47. The van der Waals surface area contributed by atoms with Crippen LogP contribution in [0.1, 0.15) is 41.6 Å². The fourth-order valence-electron chi connectivity index (χ4n) is 2.75. The maximum absolute atomic E-state index is 12.4. The van der Waals surface area contributed by atoms with E-state index in [0.717, 1.165) is 49.8 Å². The number of aliphatic hydroxyl groups is 1. The van der Waals surface area contributed by atoms with Gasteiger partial charge in [-0.25, -0.2) is 0 Å². The molecular formula is C16H24N2O2. The Morgan fingerprint density at radius 3 is 2.80 bits per heavy atom. The van der Waals surface area contributed by atoms with Crippen molar-refractivity contribution >= 4 is 5.91 Å². The molecule has 0 saturated heterocycles. The summed E-state index contributed by atoms with van der Waals surface area (Å²) in [5, 5.41) is 16.0. The van der Waals surface area contributed by atoms with E-state index in [4.69, 9.17) is 0 Å². The van der Waals surface area contributed by atoms with E-state index in [9.17, 15) is 9.90 Å². The molecule has 1 aromatic rings. The molecule has 0 aromatic heterocycles. The van der Waals surface area contributed by atoms with Gasteiger partial charge in [0.2, 0.25) is 0 Å². The zero-order valence-electron chi connectivity index (χ0n) is 12.1. The van der Waals surface area contributed by atoms with Gasteiger partial charge in [-0.15, -0.1) is 0 Å². The first kappa shape index (κ1) is 15.0. The van der Waals surface area contributed by atoms with Gasteiger partial charge in [0.15, 0.2) is 0 Å². The van der Waals surface area contributed by atoms with E-state index < -0.39 is 6.10 Å². The second kappa shape index (κ2) is 7.41. The summed E-state index contributed by atoms with van der Waals surface area (Å²) in [7, 11) is 1.90. The summed E-state index contributed by atoms with van der Waals surface area (Å²) in [4.78, 5) is 12.4. The van der Waals surface area contributed by atoms with Gasteiger partial charge in [-0.1, -0.05) is 31.0 Å². The lowest BCUT2D eigenvalue weighted by Gasteiger charge is -2.28. The van der Waals surface area contributed by atoms with Crippen LogP contribution in [-0.4, -0.2) is 36.8 Å². The third kappa shape index (κ3) is 3.81.